The average molecular weight is 482 g/mol. The summed E-state index contributed by atoms with van der Waals surface area (Å²) in [5.74, 6) is -2.24. The van der Waals surface area contributed by atoms with Gasteiger partial charge in [0.15, 0.2) is 0 Å². The smallest absolute Gasteiger partial charge is 0.354 e. The standard InChI is InChI=1S/C26H31N3O6/c1-16-19(17(2)27-21(16)26(33)34-3)23(30)20-22(18-8-5-4-6-9-18)29(25(32)24(20)31)11-7-10-28-12-14-35-15-13-28/h4-6,8-9,22,27,30H,7,10-15H2,1-3H3/b23-20+. The Balaban J connectivity index is 1.72. The van der Waals surface area contributed by atoms with Gasteiger partial charge in [-0.25, -0.2) is 4.79 Å². The average Bonchev–Trinajstić information content (AvgIpc) is 3.31. The molecule has 0 saturated carbocycles. The summed E-state index contributed by atoms with van der Waals surface area (Å²) in [7, 11) is 1.27. The fraction of sp³-hybridized carbons (Fsp3) is 0.423. The second kappa shape index (κ2) is 10.5. The van der Waals surface area contributed by atoms with Gasteiger partial charge in [-0.05, 0) is 31.4 Å². The van der Waals surface area contributed by atoms with E-state index in [0.29, 0.717) is 43.0 Å². The van der Waals surface area contributed by atoms with Gasteiger partial charge in [0, 0.05) is 37.4 Å². The Kier molecular flexibility index (Phi) is 7.37. The summed E-state index contributed by atoms with van der Waals surface area (Å²) < 4.78 is 10.2. The van der Waals surface area contributed by atoms with Crippen LogP contribution < -0.4 is 0 Å². The third-order valence-electron chi connectivity index (χ3n) is 6.70. The van der Waals surface area contributed by atoms with E-state index >= 15 is 0 Å². The van der Waals surface area contributed by atoms with E-state index in [0.717, 1.165) is 25.2 Å². The van der Waals surface area contributed by atoms with Crippen LogP contribution in [0.3, 0.4) is 0 Å². The van der Waals surface area contributed by atoms with Gasteiger partial charge >= 0.3 is 5.97 Å². The molecule has 1 aromatic heterocycles. The van der Waals surface area contributed by atoms with Crippen molar-refractivity contribution in [1.29, 1.82) is 0 Å². The Hall–Kier alpha value is -3.43. The third kappa shape index (κ3) is 4.74. The summed E-state index contributed by atoms with van der Waals surface area (Å²) >= 11 is 0. The number of benzene rings is 1. The number of aliphatic hydroxyl groups is 1. The SMILES string of the molecule is COC(=O)c1[nH]c(C)c(/C(O)=C2\C(=O)C(=O)N(CCCN3CCOCC3)C2c2ccccc2)c1C. The van der Waals surface area contributed by atoms with Crippen molar-refractivity contribution in [3.8, 4) is 0 Å². The number of ketones is 1. The predicted octanol–water partition coefficient (Wildman–Crippen LogP) is 2.56. The normalized spacial score (nSPS) is 20.4. The molecule has 2 N–H and O–H groups in total. The van der Waals surface area contributed by atoms with Crippen LogP contribution in [0.5, 0.6) is 0 Å². The molecule has 0 radical (unpaired) electrons. The van der Waals surface area contributed by atoms with Gasteiger partial charge in [-0.2, -0.15) is 0 Å². The molecule has 1 atom stereocenters. The minimum atomic E-state index is -0.734. The van der Waals surface area contributed by atoms with Gasteiger partial charge in [0.1, 0.15) is 11.5 Å². The minimum Gasteiger partial charge on any atom is -0.507 e. The van der Waals surface area contributed by atoms with E-state index in [9.17, 15) is 19.5 Å². The number of aromatic amines is 1. The van der Waals surface area contributed by atoms with Gasteiger partial charge in [-0.15, -0.1) is 0 Å². The molecule has 4 rings (SSSR count). The number of Topliss-reactive ketones (excluding diaryl/α,β-unsaturated/α-hetero) is 1. The number of hydrogen-bond acceptors (Lipinski definition) is 7. The number of carbonyl (C=O) groups excluding carboxylic acids is 3. The molecule has 186 valence electrons. The topological polar surface area (TPSA) is 112 Å². The van der Waals surface area contributed by atoms with E-state index in [1.807, 2.05) is 30.3 Å². The van der Waals surface area contributed by atoms with E-state index in [-0.39, 0.29) is 17.0 Å². The maximum atomic E-state index is 13.3. The summed E-state index contributed by atoms with van der Waals surface area (Å²) in [6.07, 6.45) is 0.686. The lowest BCUT2D eigenvalue weighted by Crippen LogP contribution is -2.38. The second-order valence-corrected chi connectivity index (χ2v) is 8.83. The fourth-order valence-corrected chi connectivity index (χ4v) is 4.93. The van der Waals surface area contributed by atoms with Gasteiger partial charge in [-0.3, -0.25) is 14.5 Å². The number of methoxy groups -OCH3 is 1. The maximum Gasteiger partial charge on any atom is 0.354 e. The van der Waals surface area contributed by atoms with Crippen LogP contribution in [0.2, 0.25) is 0 Å². The number of likely N-dealkylation sites (tertiary alicyclic amines) is 1. The van der Waals surface area contributed by atoms with Crippen LogP contribution in [-0.4, -0.2) is 84.1 Å². The molecule has 2 fully saturated rings. The highest BCUT2D eigenvalue weighted by molar-refractivity contribution is 6.46. The predicted molar refractivity (Wildman–Crippen MR) is 129 cm³/mol. The molecule has 0 spiro atoms. The Morgan fingerprint density at radius 1 is 1.14 bits per heavy atom. The van der Waals surface area contributed by atoms with E-state index in [2.05, 4.69) is 9.88 Å². The lowest BCUT2D eigenvalue weighted by molar-refractivity contribution is -0.140. The lowest BCUT2D eigenvalue weighted by atomic mass is 9.94. The Bertz CT molecular complexity index is 1150. The van der Waals surface area contributed by atoms with Crippen LogP contribution in [0.15, 0.2) is 35.9 Å². The number of ether oxygens (including phenoxy) is 2. The fourth-order valence-electron chi connectivity index (χ4n) is 4.93. The highest BCUT2D eigenvalue weighted by Gasteiger charge is 2.46. The lowest BCUT2D eigenvalue weighted by Gasteiger charge is -2.29. The van der Waals surface area contributed by atoms with Crippen molar-refractivity contribution < 1.29 is 29.0 Å². The number of aliphatic hydroxyl groups excluding tert-OH is 1. The van der Waals surface area contributed by atoms with Crippen molar-refractivity contribution >= 4 is 23.4 Å². The Morgan fingerprint density at radius 3 is 2.49 bits per heavy atom. The number of rotatable bonds is 7. The number of nitrogens with one attached hydrogen (secondary N) is 1. The molecule has 35 heavy (non-hydrogen) atoms. The molecule has 1 unspecified atom stereocenters. The number of morpholine rings is 1. The van der Waals surface area contributed by atoms with Crippen LogP contribution in [-0.2, 0) is 19.1 Å². The molecule has 2 saturated heterocycles. The molecule has 1 aromatic carbocycles. The number of H-pyrrole nitrogens is 1. The van der Waals surface area contributed by atoms with Crippen molar-refractivity contribution in [2.45, 2.75) is 26.3 Å². The van der Waals surface area contributed by atoms with Crippen LogP contribution in [0.25, 0.3) is 5.76 Å². The number of aromatic nitrogens is 1. The molecule has 1 amide bonds. The number of hydrogen-bond donors (Lipinski definition) is 2. The van der Waals surface area contributed by atoms with Gasteiger partial charge in [0.2, 0.25) is 0 Å². The monoisotopic (exact) mass is 481 g/mol. The second-order valence-electron chi connectivity index (χ2n) is 8.83. The number of esters is 1. The van der Waals surface area contributed by atoms with Gasteiger partial charge in [0.25, 0.3) is 11.7 Å². The van der Waals surface area contributed by atoms with Gasteiger partial charge < -0.3 is 24.5 Å². The van der Waals surface area contributed by atoms with Gasteiger partial charge in [-0.1, -0.05) is 30.3 Å². The molecule has 0 aliphatic carbocycles. The van der Waals surface area contributed by atoms with Crippen molar-refractivity contribution in [2.75, 3.05) is 46.5 Å². The van der Waals surface area contributed by atoms with E-state index in [1.54, 1.807) is 18.7 Å². The number of nitrogens with zero attached hydrogens (tertiary/aromatic N) is 2. The van der Waals surface area contributed by atoms with Crippen molar-refractivity contribution in [3.63, 3.8) is 0 Å². The summed E-state index contributed by atoms with van der Waals surface area (Å²) in [5.41, 5.74) is 2.25. The molecule has 9 nitrogen and oxygen atoms in total. The van der Waals surface area contributed by atoms with Crippen molar-refractivity contribution in [1.82, 2.24) is 14.8 Å². The molecule has 2 aliphatic rings. The van der Waals surface area contributed by atoms with Crippen LogP contribution in [0, 0.1) is 13.8 Å². The molecule has 9 heteroatoms. The van der Waals surface area contributed by atoms with Crippen LogP contribution in [0.4, 0.5) is 0 Å². The third-order valence-corrected chi connectivity index (χ3v) is 6.70. The van der Waals surface area contributed by atoms with Crippen LogP contribution >= 0.6 is 0 Å². The summed E-state index contributed by atoms with van der Waals surface area (Å²) in [6, 6.07) is 8.50. The highest BCUT2D eigenvalue weighted by Crippen LogP contribution is 2.40. The first-order valence-electron chi connectivity index (χ1n) is 11.8. The first kappa shape index (κ1) is 24.7. The Labute approximate surface area is 204 Å². The zero-order valence-electron chi connectivity index (χ0n) is 20.3. The Morgan fingerprint density at radius 2 is 1.83 bits per heavy atom. The van der Waals surface area contributed by atoms with E-state index < -0.39 is 23.7 Å². The minimum absolute atomic E-state index is 0.0224. The molecule has 2 aliphatic heterocycles. The first-order chi connectivity index (χ1) is 16.8. The largest absolute Gasteiger partial charge is 0.507 e. The van der Waals surface area contributed by atoms with E-state index in [4.69, 9.17) is 9.47 Å². The molecular formula is C26H31N3O6. The van der Waals surface area contributed by atoms with Gasteiger partial charge in [0.05, 0.1) is 31.9 Å². The molecule has 3 heterocycles. The maximum absolute atomic E-state index is 13.3. The number of carbonyl (C=O) groups is 3. The summed E-state index contributed by atoms with van der Waals surface area (Å²) in [5, 5.41) is 11.4. The van der Waals surface area contributed by atoms with Crippen molar-refractivity contribution in [3.05, 3.63) is 64.0 Å². The van der Waals surface area contributed by atoms with Crippen molar-refractivity contribution in [2.24, 2.45) is 0 Å². The summed E-state index contributed by atoms with van der Waals surface area (Å²) in [4.78, 5) is 45.3. The number of amides is 1. The molecule has 2 aromatic rings. The van der Waals surface area contributed by atoms with E-state index in [1.165, 1.54) is 7.11 Å². The number of aryl methyl sites for hydroxylation is 1. The summed E-state index contributed by atoms with van der Waals surface area (Å²) in [6.45, 7) is 7.59. The zero-order chi connectivity index (χ0) is 25.1. The molecular weight excluding hydrogens is 450 g/mol. The highest BCUT2D eigenvalue weighted by atomic mass is 16.5. The zero-order valence-corrected chi connectivity index (χ0v) is 20.3. The molecule has 0 bridgehead atoms. The quantitative estimate of drug-likeness (QED) is 0.271. The first-order valence-corrected chi connectivity index (χ1v) is 11.8. The van der Waals surface area contributed by atoms with Crippen LogP contribution in [0.1, 0.15) is 45.3 Å².